The Labute approximate surface area is 158 Å². The first-order valence-electron chi connectivity index (χ1n) is 10.1. The Hall–Kier alpha value is -1.30. The van der Waals surface area contributed by atoms with Crippen LogP contribution >= 0.6 is 0 Å². The molecule has 2 fully saturated rings. The van der Waals surface area contributed by atoms with Crippen molar-refractivity contribution in [1.82, 2.24) is 10.2 Å². The molecule has 0 aromatic carbocycles. The topological polar surface area (TPSA) is 67.9 Å². The minimum absolute atomic E-state index is 0.0841. The molecule has 2 rings (SSSR count). The van der Waals surface area contributed by atoms with E-state index in [1.165, 1.54) is 0 Å². The minimum Gasteiger partial charge on any atom is -0.461 e. The van der Waals surface area contributed by atoms with Crippen molar-refractivity contribution in [2.45, 2.75) is 96.9 Å². The third kappa shape index (κ3) is 6.78. The van der Waals surface area contributed by atoms with Crippen molar-refractivity contribution < 1.29 is 19.1 Å². The molecule has 0 aromatic heterocycles. The highest BCUT2D eigenvalue weighted by Gasteiger charge is 2.33. The fraction of sp³-hybridized carbons (Fsp3) is 0.900. The molecular formula is C20H36N2O4. The van der Waals surface area contributed by atoms with Gasteiger partial charge in [-0.1, -0.05) is 13.8 Å². The van der Waals surface area contributed by atoms with Crippen molar-refractivity contribution in [2.75, 3.05) is 13.1 Å². The normalized spacial score (nSPS) is 22.7. The predicted molar refractivity (Wildman–Crippen MR) is 101 cm³/mol. The number of rotatable bonds is 6. The molecule has 1 amide bonds. The monoisotopic (exact) mass is 368 g/mol. The van der Waals surface area contributed by atoms with E-state index >= 15 is 0 Å². The lowest BCUT2D eigenvalue weighted by molar-refractivity contribution is -0.152. The first kappa shape index (κ1) is 21.0. The molecule has 1 saturated heterocycles. The number of likely N-dealkylation sites (tertiary alicyclic amines) is 1. The van der Waals surface area contributed by atoms with Gasteiger partial charge in [-0.3, -0.25) is 10.1 Å². The second-order valence-electron chi connectivity index (χ2n) is 9.10. The van der Waals surface area contributed by atoms with Crippen molar-refractivity contribution in [2.24, 2.45) is 5.92 Å². The number of carbonyl (C=O) groups is 2. The summed E-state index contributed by atoms with van der Waals surface area (Å²) in [6, 6.07) is -0.207. The van der Waals surface area contributed by atoms with Crippen LogP contribution < -0.4 is 5.32 Å². The highest BCUT2D eigenvalue weighted by Crippen LogP contribution is 2.23. The average molecular weight is 369 g/mol. The number of nitrogens with one attached hydrogen (secondary N) is 1. The first-order chi connectivity index (χ1) is 12.1. The average Bonchev–Trinajstić information content (AvgIpc) is 3.15. The Morgan fingerprint density at radius 3 is 2.38 bits per heavy atom. The molecule has 1 N–H and O–H groups in total. The van der Waals surface area contributed by atoms with Crippen LogP contribution in [0.15, 0.2) is 0 Å². The Morgan fingerprint density at radius 2 is 1.81 bits per heavy atom. The maximum absolute atomic E-state index is 12.6. The van der Waals surface area contributed by atoms with Crippen molar-refractivity contribution >= 4 is 12.1 Å². The van der Waals surface area contributed by atoms with E-state index in [2.05, 4.69) is 19.2 Å². The minimum atomic E-state index is -0.492. The quantitative estimate of drug-likeness (QED) is 0.727. The molecule has 1 aliphatic heterocycles. The van der Waals surface area contributed by atoms with Gasteiger partial charge >= 0.3 is 12.1 Å². The summed E-state index contributed by atoms with van der Waals surface area (Å²) < 4.78 is 11.2. The SMILES string of the molecule is CC(C)C[C@@H](NC1CCN(C(=O)OC(C)(C)C)C1)C(=O)OC1CCCC1. The molecular weight excluding hydrogens is 332 g/mol. The molecule has 1 unspecified atom stereocenters. The standard InChI is InChI=1S/C20H36N2O4/c1-14(2)12-17(18(23)25-16-8-6-7-9-16)21-15-10-11-22(13-15)19(24)26-20(3,4)5/h14-17,21H,6-13H2,1-5H3/t15?,17-/m1/s1. The number of hydrogen-bond donors (Lipinski definition) is 1. The van der Waals surface area contributed by atoms with Gasteiger partial charge in [0, 0.05) is 19.1 Å². The van der Waals surface area contributed by atoms with Crippen LogP contribution in [0.25, 0.3) is 0 Å². The van der Waals surface area contributed by atoms with Crippen molar-refractivity contribution in [3.05, 3.63) is 0 Å². The van der Waals surface area contributed by atoms with E-state index in [0.717, 1.165) is 38.5 Å². The van der Waals surface area contributed by atoms with E-state index in [9.17, 15) is 9.59 Å². The zero-order valence-electron chi connectivity index (χ0n) is 17.0. The summed E-state index contributed by atoms with van der Waals surface area (Å²) >= 11 is 0. The van der Waals surface area contributed by atoms with Gasteiger partial charge in [0.05, 0.1) is 0 Å². The smallest absolute Gasteiger partial charge is 0.410 e. The summed E-state index contributed by atoms with van der Waals surface area (Å²) in [5.74, 6) is 0.258. The van der Waals surface area contributed by atoms with Gasteiger partial charge in [0.2, 0.25) is 0 Å². The molecule has 0 radical (unpaired) electrons. The van der Waals surface area contributed by atoms with Gasteiger partial charge in [-0.2, -0.15) is 0 Å². The molecule has 1 aliphatic carbocycles. The van der Waals surface area contributed by atoms with Crippen LogP contribution in [0.1, 0.15) is 73.1 Å². The third-order valence-electron chi connectivity index (χ3n) is 4.85. The van der Waals surface area contributed by atoms with Crippen LogP contribution in [0.4, 0.5) is 4.79 Å². The van der Waals surface area contributed by atoms with Crippen molar-refractivity contribution in [3.63, 3.8) is 0 Å². The van der Waals surface area contributed by atoms with Gasteiger partial charge in [0.1, 0.15) is 17.7 Å². The number of carbonyl (C=O) groups excluding carboxylic acids is 2. The Morgan fingerprint density at radius 1 is 1.15 bits per heavy atom. The molecule has 2 aliphatic rings. The maximum Gasteiger partial charge on any atom is 0.410 e. The lowest BCUT2D eigenvalue weighted by Crippen LogP contribution is -2.47. The number of hydrogen-bond acceptors (Lipinski definition) is 5. The Balaban J connectivity index is 1.87. The van der Waals surface area contributed by atoms with Gasteiger partial charge in [-0.25, -0.2) is 4.79 Å². The predicted octanol–water partition coefficient (Wildman–Crippen LogP) is 3.49. The zero-order chi connectivity index (χ0) is 19.3. The summed E-state index contributed by atoms with van der Waals surface area (Å²) in [6.07, 6.45) is 5.63. The number of nitrogens with zero attached hydrogens (tertiary/aromatic N) is 1. The van der Waals surface area contributed by atoms with Crippen molar-refractivity contribution in [3.8, 4) is 0 Å². The molecule has 1 saturated carbocycles. The Kier molecular flexibility index (Phi) is 7.33. The van der Waals surface area contributed by atoms with Gasteiger partial charge in [-0.05, 0) is 65.2 Å². The lowest BCUT2D eigenvalue weighted by Gasteiger charge is -2.26. The molecule has 0 spiro atoms. The number of amides is 1. The van der Waals surface area contributed by atoms with Crippen LogP contribution in [0.2, 0.25) is 0 Å². The molecule has 26 heavy (non-hydrogen) atoms. The fourth-order valence-electron chi connectivity index (χ4n) is 3.63. The van der Waals surface area contributed by atoms with Crippen LogP contribution in [-0.2, 0) is 14.3 Å². The highest BCUT2D eigenvalue weighted by atomic mass is 16.6. The van der Waals surface area contributed by atoms with Crippen LogP contribution in [-0.4, -0.2) is 53.8 Å². The second-order valence-corrected chi connectivity index (χ2v) is 9.10. The van der Waals surface area contributed by atoms with E-state index in [1.54, 1.807) is 4.90 Å². The van der Waals surface area contributed by atoms with E-state index in [4.69, 9.17) is 9.47 Å². The lowest BCUT2D eigenvalue weighted by atomic mass is 10.0. The summed E-state index contributed by atoms with van der Waals surface area (Å²) in [5, 5.41) is 3.44. The van der Waals surface area contributed by atoms with E-state index in [-0.39, 0.29) is 30.3 Å². The van der Waals surface area contributed by atoms with E-state index < -0.39 is 5.60 Å². The zero-order valence-corrected chi connectivity index (χ0v) is 17.0. The molecule has 6 nitrogen and oxygen atoms in total. The van der Waals surface area contributed by atoms with Crippen LogP contribution in [0.5, 0.6) is 0 Å². The maximum atomic E-state index is 12.6. The molecule has 0 bridgehead atoms. The summed E-state index contributed by atoms with van der Waals surface area (Å²) in [7, 11) is 0. The van der Waals surface area contributed by atoms with Crippen LogP contribution in [0.3, 0.4) is 0 Å². The largest absolute Gasteiger partial charge is 0.461 e. The summed E-state index contributed by atoms with van der Waals surface area (Å²) in [4.78, 5) is 26.6. The van der Waals surface area contributed by atoms with Gasteiger partial charge in [-0.15, -0.1) is 0 Å². The Bertz CT molecular complexity index is 481. The van der Waals surface area contributed by atoms with E-state index in [1.807, 2.05) is 20.8 Å². The number of esters is 1. The van der Waals surface area contributed by atoms with Crippen LogP contribution in [0, 0.1) is 5.92 Å². The van der Waals surface area contributed by atoms with Crippen molar-refractivity contribution in [1.29, 1.82) is 0 Å². The van der Waals surface area contributed by atoms with Gasteiger partial charge < -0.3 is 14.4 Å². The van der Waals surface area contributed by atoms with Gasteiger partial charge in [0.25, 0.3) is 0 Å². The molecule has 0 aromatic rings. The fourth-order valence-corrected chi connectivity index (χ4v) is 3.63. The van der Waals surface area contributed by atoms with E-state index in [0.29, 0.717) is 19.0 Å². The first-order valence-corrected chi connectivity index (χ1v) is 10.1. The third-order valence-corrected chi connectivity index (χ3v) is 4.85. The molecule has 150 valence electrons. The second kappa shape index (κ2) is 9.07. The van der Waals surface area contributed by atoms with Gasteiger partial charge in [0.15, 0.2) is 0 Å². The summed E-state index contributed by atoms with van der Waals surface area (Å²) in [6.45, 7) is 11.1. The highest BCUT2D eigenvalue weighted by molar-refractivity contribution is 5.76. The number of ether oxygens (including phenoxy) is 2. The summed E-state index contributed by atoms with van der Waals surface area (Å²) in [5.41, 5.74) is -0.492. The molecule has 6 heteroatoms. The molecule has 1 heterocycles. The molecule has 2 atom stereocenters.